The zero-order chi connectivity index (χ0) is 13.9. The van der Waals surface area contributed by atoms with Crippen LogP contribution in [-0.2, 0) is 0 Å². The van der Waals surface area contributed by atoms with E-state index in [9.17, 15) is 0 Å². The number of imidazole rings is 1. The molecule has 1 saturated carbocycles. The maximum absolute atomic E-state index is 4.80. The molecule has 3 nitrogen and oxygen atoms in total. The van der Waals surface area contributed by atoms with Gasteiger partial charge in [0.05, 0.1) is 17.1 Å². The molecule has 20 heavy (non-hydrogen) atoms. The number of rotatable bonds is 4. The molecule has 3 heteroatoms. The quantitative estimate of drug-likeness (QED) is 0.900. The Hall–Kier alpha value is -1.35. The van der Waals surface area contributed by atoms with Crippen molar-refractivity contribution in [1.29, 1.82) is 0 Å². The fourth-order valence-corrected chi connectivity index (χ4v) is 3.55. The molecular weight excluding hydrogens is 246 g/mol. The second kappa shape index (κ2) is 5.96. The Morgan fingerprint density at radius 1 is 1.25 bits per heavy atom. The van der Waals surface area contributed by atoms with Gasteiger partial charge < -0.3 is 4.98 Å². The molecule has 1 atom stereocenters. The van der Waals surface area contributed by atoms with Gasteiger partial charge in [0.1, 0.15) is 5.82 Å². The molecule has 1 unspecified atom stereocenters. The van der Waals surface area contributed by atoms with E-state index < -0.39 is 0 Å². The summed E-state index contributed by atoms with van der Waals surface area (Å²) in [5.74, 6) is 1.13. The van der Waals surface area contributed by atoms with Crippen LogP contribution in [0.15, 0.2) is 24.3 Å². The molecule has 108 valence electrons. The Bertz CT molecular complexity index is 521. The monoisotopic (exact) mass is 271 g/mol. The van der Waals surface area contributed by atoms with Crippen LogP contribution in [0.1, 0.15) is 57.3 Å². The highest BCUT2D eigenvalue weighted by atomic mass is 15.2. The molecule has 0 amide bonds. The van der Waals surface area contributed by atoms with Gasteiger partial charge in [-0.3, -0.25) is 4.90 Å². The number of aromatic amines is 1. The van der Waals surface area contributed by atoms with Crippen molar-refractivity contribution in [3.05, 3.63) is 30.1 Å². The van der Waals surface area contributed by atoms with Gasteiger partial charge in [0, 0.05) is 6.04 Å². The van der Waals surface area contributed by atoms with Crippen LogP contribution in [0.25, 0.3) is 11.0 Å². The number of benzene rings is 1. The molecule has 1 aliphatic rings. The zero-order valence-corrected chi connectivity index (χ0v) is 12.6. The summed E-state index contributed by atoms with van der Waals surface area (Å²) in [6, 6.07) is 9.45. The Morgan fingerprint density at radius 2 is 2.00 bits per heavy atom. The lowest BCUT2D eigenvalue weighted by Crippen LogP contribution is -2.36. The molecule has 1 heterocycles. The topological polar surface area (TPSA) is 31.9 Å². The molecule has 0 spiro atoms. The van der Waals surface area contributed by atoms with Gasteiger partial charge in [0.25, 0.3) is 0 Å². The molecule has 1 fully saturated rings. The number of nitrogens with zero attached hydrogens (tertiary/aromatic N) is 2. The molecule has 2 aromatic rings. The zero-order valence-electron chi connectivity index (χ0n) is 12.6. The lowest BCUT2D eigenvalue weighted by Gasteiger charge is -2.36. The average Bonchev–Trinajstić information content (AvgIpc) is 2.92. The van der Waals surface area contributed by atoms with Crippen molar-refractivity contribution in [3.63, 3.8) is 0 Å². The normalized spacial score (nSPS) is 18.8. The van der Waals surface area contributed by atoms with Crippen molar-refractivity contribution in [3.8, 4) is 0 Å². The van der Waals surface area contributed by atoms with Crippen molar-refractivity contribution in [2.45, 2.75) is 57.5 Å². The minimum Gasteiger partial charge on any atom is -0.341 e. The number of hydrogen-bond donors (Lipinski definition) is 1. The highest BCUT2D eigenvalue weighted by molar-refractivity contribution is 5.74. The first-order chi connectivity index (χ1) is 9.79. The number of fused-ring (bicyclic) bond motifs is 1. The highest BCUT2D eigenvalue weighted by Gasteiger charge is 2.26. The van der Waals surface area contributed by atoms with E-state index in [0.717, 1.165) is 29.3 Å². The van der Waals surface area contributed by atoms with Crippen LogP contribution in [0.4, 0.5) is 0 Å². The Labute approximate surface area is 121 Å². The number of para-hydroxylation sites is 2. The minimum atomic E-state index is 0.408. The lowest BCUT2D eigenvalue weighted by molar-refractivity contribution is 0.129. The molecule has 3 rings (SSSR count). The van der Waals surface area contributed by atoms with E-state index in [1.807, 2.05) is 0 Å². The van der Waals surface area contributed by atoms with Gasteiger partial charge in [-0.05, 0) is 38.4 Å². The summed E-state index contributed by atoms with van der Waals surface area (Å²) < 4.78 is 0. The van der Waals surface area contributed by atoms with Gasteiger partial charge >= 0.3 is 0 Å². The average molecular weight is 271 g/mol. The van der Waals surface area contributed by atoms with Gasteiger partial charge in [-0.2, -0.15) is 0 Å². The predicted octanol–water partition coefficient (Wildman–Crippen LogP) is 4.28. The third-order valence-corrected chi connectivity index (χ3v) is 4.75. The molecule has 1 aromatic carbocycles. The second-order valence-corrected chi connectivity index (χ2v) is 6.02. The maximum atomic E-state index is 4.80. The lowest BCUT2D eigenvalue weighted by atomic mass is 9.93. The standard InChI is InChI=1S/C17H25N3/c1-3-16(20(2)13-9-5-4-6-10-13)17-18-14-11-7-8-12-15(14)19-17/h7-8,11-13,16H,3-6,9-10H2,1-2H3,(H,18,19). The van der Waals surface area contributed by atoms with E-state index in [1.54, 1.807) is 0 Å². The van der Waals surface area contributed by atoms with Crippen molar-refractivity contribution in [2.75, 3.05) is 7.05 Å². The van der Waals surface area contributed by atoms with Gasteiger partial charge in [0.15, 0.2) is 0 Å². The van der Waals surface area contributed by atoms with E-state index >= 15 is 0 Å². The van der Waals surface area contributed by atoms with Crippen LogP contribution >= 0.6 is 0 Å². The summed E-state index contributed by atoms with van der Waals surface area (Å²) >= 11 is 0. The van der Waals surface area contributed by atoms with E-state index in [1.165, 1.54) is 32.1 Å². The first-order valence-corrected chi connectivity index (χ1v) is 7.96. The molecule has 1 N–H and O–H groups in total. The Morgan fingerprint density at radius 3 is 2.70 bits per heavy atom. The van der Waals surface area contributed by atoms with Gasteiger partial charge in [-0.15, -0.1) is 0 Å². The first kappa shape index (κ1) is 13.6. The van der Waals surface area contributed by atoms with E-state index in [0.29, 0.717) is 6.04 Å². The van der Waals surface area contributed by atoms with Crippen LogP contribution in [-0.4, -0.2) is 28.0 Å². The summed E-state index contributed by atoms with van der Waals surface area (Å²) in [5, 5.41) is 0. The molecule has 0 radical (unpaired) electrons. The number of hydrogen-bond acceptors (Lipinski definition) is 2. The predicted molar refractivity (Wildman–Crippen MR) is 83.8 cm³/mol. The SMILES string of the molecule is CCC(c1nc2ccccc2[nH]1)N(C)C1CCCCC1. The van der Waals surface area contributed by atoms with Gasteiger partial charge in [-0.25, -0.2) is 4.98 Å². The molecule has 0 saturated heterocycles. The van der Waals surface area contributed by atoms with Crippen LogP contribution < -0.4 is 0 Å². The summed E-state index contributed by atoms with van der Waals surface area (Å²) in [5.41, 5.74) is 2.23. The smallest absolute Gasteiger partial charge is 0.124 e. The van der Waals surface area contributed by atoms with Gasteiger partial charge in [0.2, 0.25) is 0 Å². The molecular formula is C17H25N3. The molecule has 0 aliphatic heterocycles. The number of H-pyrrole nitrogens is 1. The van der Waals surface area contributed by atoms with Crippen molar-refractivity contribution >= 4 is 11.0 Å². The second-order valence-electron chi connectivity index (χ2n) is 6.02. The van der Waals surface area contributed by atoms with Crippen LogP contribution in [0.2, 0.25) is 0 Å². The fourth-order valence-electron chi connectivity index (χ4n) is 3.55. The number of aromatic nitrogens is 2. The molecule has 1 aromatic heterocycles. The largest absolute Gasteiger partial charge is 0.341 e. The van der Waals surface area contributed by atoms with E-state index in [-0.39, 0.29) is 0 Å². The van der Waals surface area contributed by atoms with E-state index in [2.05, 4.69) is 48.1 Å². The summed E-state index contributed by atoms with van der Waals surface area (Å²) in [6.45, 7) is 2.26. The van der Waals surface area contributed by atoms with Crippen LogP contribution in [0.3, 0.4) is 0 Å². The van der Waals surface area contributed by atoms with Gasteiger partial charge in [-0.1, -0.05) is 38.3 Å². The third-order valence-electron chi connectivity index (χ3n) is 4.75. The van der Waals surface area contributed by atoms with Crippen molar-refractivity contribution < 1.29 is 0 Å². The highest BCUT2D eigenvalue weighted by Crippen LogP contribution is 2.30. The summed E-state index contributed by atoms with van der Waals surface area (Å²) in [7, 11) is 2.28. The van der Waals surface area contributed by atoms with Crippen molar-refractivity contribution in [2.24, 2.45) is 0 Å². The third kappa shape index (κ3) is 2.59. The maximum Gasteiger partial charge on any atom is 0.124 e. The van der Waals surface area contributed by atoms with Crippen LogP contribution in [0.5, 0.6) is 0 Å². The molecule has 1 aliphatic carbocycles. The molecule has 0 bridgehead atoms. The van der Waals surface area contributed by atoms with Crippen LogP contribution in [0, 0.1) is 0 Å². The Kier molecular flexibility index (Phi) is 4.06. The first-order valence-electron chi connectivity index (χ1n) is 7.96. The minimum absolute atomic E-state index is 0.408. The summed E-state index contributed by atoms with van der Waals surface area (Å²) in [6.07, 6.45) is 7.95. The van der Waals surface area contributed by atoms with E-state index in [4.69, 9.17) is 4.98 Å². The summed E-state index contributed by atoms with van der Waals surface area (Å²) in [4.78, 5) is 10.9. The number of nitrogens with one attached hydrogen (secondary N) is 1. The Balaban J connectivity index is 1.84. The van der Waals surface area contributed by atoms with Crippen molar-refractivity contribution in [1.82, 2.24) is 14.9 Å². The fraction of sp³-hybridized carbons (Fsp3) is 0.588.